The Balaban J connectivity index is 1.85. The van der Waals surface area contributed by atoms with Crippen molar-refractivity contribution in [1.29, 1.82) is 0 Å². The maximum atomic E-state index is 14.1. The number of isothiocyanates is 1. The smallest absolute Gasteiger partial charge is 0.143 e. The lowest BCUT2D eigenvalue weighted by Crippen LogP contribution is -1.98. The van der Waals surface area contributed by atoms with Crippen LogP contribution in [-0.4, -0.2) is 5.16 Å². The predicted octanol–water partition coefficient (Wildman–Crippen LogP) is 6.78. The van der Waals surface area contributed by atoms with Crippen molar-refractivity contribution in [3.63, 3.8) is 0 Å². The van der Waals surface area contributed by atoms with Crippen LogP contribution in [-0.2, 0) is 6.42 Å². The topological polar surface area (TPSA) is 12.4 Å². The van der Waals surface area contributed by atoms with Crippen LogP contribution in [0.25, 0.3) is 6.08 Å². The second kappa shape index (κ2) is 9.37. The molecule has 2 aromatic carbocycles. The average Bonchev–Trinajstić information content (AvgIpc) is 2.68. The lowest BCUT2D eigenvalue weighted by molar-refractivity contribution is 0.578. The van der Waals surface area contributed by atoms with Gasteiger partial charge < -0.3 is 0 Å². The molecule has 0 bridgehead atoms. The fourth-order valence-corrected chi connectivity index (χ4v) is 3.16. The molecule has 0 atom stereocenters. The van der Waals surface area contributed by atoms with Crippen LogP contribution in [0.3, 0.4) is 0 Å². The zero-order valence-electron chi connectivity index (χ0n) is 15.6. The van der Waals surface area contributed by atoms with E-state index in [1.165, 1.54) is 16.7 Å². The third kappa shape index (κ3) is 4.89. The number of benzene rings is 2. The van der Waals surface area contributed by atoms with E-state index >= 15 is 0 Å². The number of halogens is 2. The van der Waals surface area contributed by atoms with Gasteiger partial charge >= 0.3 is 0 Å². The van der Waals surface area contributed by atoms with Crippen LogP contribution in [0.15, 0.2) is 53.0 Å². The summed E-state index contributed by atoms with van der Waals surface area (Å²) in [6.45, 7) is 2.16. The molecule has 3 rings (SSSR count). The van der Waals surface area contributed by atoms with Crippen LogP contribution in [0, 0.1) is 23.5 Å². The molecule has 140 valence electrons. The van der Waals surface area contributed by atoms with Crippen molar-refractivity contribution in [1.82, 2.24) is 0 Å². The van der Waals surface area contributed by atoms with E-state index in [9.17, 15) is 8.78 Å². The second-order valence-electron chi connectivity index (χ2n) is 6.56. The standard InChI is InChI=1S/C24H19F2NS/c1-2-3-4-5-17-6-9-20-13-18(7-10-19(20)12-17)8-11-22-23(25)14-21(27-16-28)15-24(22)26/h4-5,7,10,12-15H,2-3,6,9H2,1H3/b5-4+. The van der Waals surface area contributed by atoms with E-state index in [1.807, 2.05) is 18.2 Å². The number of allylic oxidation sites excluding steroid dienone is 3. The van der Waals surface area contributed by atoms with Gasteiger partial charge in [0.15, 0.2) is 0 Å². The quantitative estimate of drug-likeness (QED) is 0.318. The zero-order valence-corrected chi connectivity index (χ0v) is 16.4. The molecule has 1 aliphatic carbocycles. The summed E-state index contributed by atoms with van der Waals surface area (Å²) in [5, 5.41) is 2.09. The van der Waals surface area contributed by atoms with Crippen molar-refractivity contribution in [2.75, 3.05) is 0 Å². The molecule has 0 N–H and O–H groups in total. The summed E-state index contributed by atoms with van der Waals surface area (Å²) in [6.07, 6.45) is 10.7. The van der Waals surface area contributed by atoms with Gasteiger partial charge in [0.05, 0.1) is 16.4 Å². The molecule has 0 spiro atoms. The first kappa shape index (κ1) is 19.9. The molecule has 0 amide bonds. The van der Waals surface area contributed by atoms with Gasteiger partial charge in [-0.15, -0.1) is 0 Å². The van der Waals surface area contributed by atoms with E-state index in [1.54, 1.807) is 0 Å². The van der Waals surface area contributed by atoms with Crippen LogP contribution in [0.1, 0.15) is 48.4 Å². The van der Waals surface area contributed by atoms with Crippen molar-refractivity contribution in [2.24, 2.45) is 4.99 Å². The third-order valence-electron chi connectivity index (χ3n) is 4.49. The van der Waals surface area contributed by atoms with Gasteiger partial charge in [-0.05, 0) is 60.3 Å². The van der Waals surface area contributed by atoms with Crippen LogP contribution >= 0.6 is 12.2 Å². The highest BCUT2D eigenvalue weighted by atomic mass is 32.1. The van der Waals surface area contributed by atoms with E-state index in [-0.39, 0.29) is 11.3 Å². The average molecular weight is 391 g/mol. The van der Waals surface area contributed by atoms with E-state index in [0.717, 1.165) is 43.4 Å². The van der Waals surface area contributed by atoms with E-state index in [4.69, 9.17) is 0 Å². The Kier molecular flexibility index (Phi) is 6.66. The van der Waals surface area contributed by atoms with Crippen molar-refractivity contribution < 1.29 is 8.78 Å². The predicted molar refractivity (Wildman–Crippen MR) is 114 cm³/mol. The van der Waals surface area contributed by atoms with Gasteiger partial charge in [0, 0.05) is 17.7 Å². The SMILES string of the molecule is CCC/C=C/C1=Cc2ccc(C#Cc3c(F)cc(N=C=S)cc3F)cc2CC1. The van der Waals surface area contributed by atoms with Gasteiger partial charge in [0.1, 0.15) is 11.6 Å². The Hall–Kier alpha value is -2.86. The summed E-state index contributed by atoms with van der Waals surface area (Å²) < 4.78 is 28.2. The van der Waals surface area contributed by atoms with E-state index in [0.29, 0.717) is 0 Å². The molecule has 0 saturated heterocycles. The Bertz CT molecular complexity index is 1040. The van der Waals surface area contributed by atoms with Crippen LogP contribution in [0.5, 0.6) is 0 Å². The molecule has 0 fully saturated rings. The molecule has 0 heterocycles. The molecule has 0 unspecified atom stereocenters. The minimum absolute atomic E-state index is 0.0832. The van der Waals surface area contributed by atoms with Gasteiger partial charge in [-0.1, -0.05) is 49.5 Å². The molecule has 1 aliphatic rings. The molecule has 2 aromatic rings. The van der Waals surface area contributed by atoms with E-state index in [2.05, 4.69) is 59.4 Å². The lowest BCUT2D eigenvalue weighted by Gasteiger charge is -2.14. The van der Waals surface area contributed by atoms with Gasteiger partial charge in [0.2, 0.25) is 0 Å². The molecule has 0 saturated carbocycles. The minimum Gasteiger partial charge on any atom is -0.205 e. The summed E-state index contributed by atoms with van der Waals surface area (Å²) in [7, 11) is 0. The van der Waals surface area contributed by atoms with Gasteiger partial charge in [-0.25, -0.2) is 8.78 Å². The van der Waals surface area contributed by atoms with E-state index < -0.39 is 11.6 Å². The maximum Gasteiger partial charge on any atom is 0.143 e. The highest BCUT2D eigenvalue weighted by Gasteiger charge is 2.10. The number of unbranched alkanes of at least 4 members (excludes halogenated alkanes) is 1. The molecule has 0 radical (unpaired) electrons. The van der Waals surface area contributed by atoms with Crippen molar-refractivity contribution in [2.45, 2.75) is 32.6 Å². The molecule has 1 nitrogen and oxygen atoms in total. The fourth-order valence-electron chi connectivity index (χ4n) is 3.06. The lowest BCUT2D eigenvalue weighted by atomic mass is 9.90. The summed E-state index contributed by atoms with van der Waals surface area (Å²) in [5.74, 6) is 3.94. The molecular weight excluding hydrogens is 372 g/mol. The van der Waals surface area contributed by atoms with Crippen molar-refractivity contribution in [3.05, 3.63) is 81.9 Å². The number of fused-ring (bicyclic) bond motifs is 1. The first-order valence-electron chi connectivity index (χ1n) is 9.19. The van der Waals surface area contributed by atoms with Crippen LogP contribution in [0.2, 0.25) is 0 Å². The van der Waals surface area contributed by atoms with Crippen LogP contribution < -0.4 is 0 Å². The fraction of sp³-hybridized carbons (Fsp3) is 0.208. The van der Waals surface area contributed by atoms with Crippen molar-refractivity contribution >= 4 is 29.1 Å². The Morgan fingerprint density at radius 2 is 1.89 bits per heavy atom. The number of aryl methyl sites for hydroxylation is 1. The van der Waals surface area contributed by atoms with Gasteiger partial charge in [-0.2, -0.15) is 4.99 Å². The molecule has 0 aliphatic heterocycles. The summed E-state index contributed by atoms with van der Waals surface area (Å²) in [4.78, 5) is 3.59. The highest BCUT2D eigenvalue weighted by molar-refractivity contribution is 7.78. The molecule has 0 aromatic heterocycles. The van der Waals surface area contributed by atoms with Gasteiger partial charge in [0.25, 0.3) is 0 Å². The number of aliphatic imine (C=N–C) groups is 1. The monoisotopic (exact) mass is 391 g/mol. The Labute approximate surface area is 169 Å². The maximum absolute atomic E-state index is 14.1. The largest absolute Gasteiger partial charge is 0.205 e. The summed E-state index contributed by atoms with van der Waals surface area (Å²) in [5.41, 5.74) is 4.24. The first-order chi connectivity index (χ1) is 13.6. The third-order valence-corrected chi connectivity index (χ3v) is 4.58. The number of nitrogens with zero attached hydrogens (tertiary/aromatic N) is 1. The highest BCUT2D eigenvalue weighted by Crippen LogP contribution is 2.26. The summed E-state index contributed by atoms with van der Waals surface area (Å²) in [6, 6.07) is 8.07. The Morgan fingerprint density at radius 1 is 1.11 bits per heavy atom. The first-order valence-corrected chi connectivity index (χ1v) is 9.60. The second-order valence-corrected chi connectivity index (χ2v) is 6.74. The number of hydrogen-bond acceptors (Lipinski definition) is 2. The Morgan fingerprint density at radius 3 is 2.61 bits per heavy atom. The van der Waals surface area contributed by atoms with Gasteiger partial charge in [-0.3, -0.25) is 0 Å². The number of rotatable bonds is 4. The minimum atomic E-state index is -0.763. The van der Waals surface area contributed by atoms with Crippen molar-refractivity contribution in [3.8, 4) is 11.8 Å². The summed E-state index contributed by atoms with van der Waals surface area (Å²) >= 11 is 4.45. The molecule has 28 heavy (non-hydrogen) atoms. The molecule has 4 heteroatoms. The zero-order chi connectivity index (χ0) is 19.9. The normalized spacial score (nSPS) is 12.6. The number of thiocarbonyl (C=S) groups is 1. The van der Waals surface area contributed by atoms with Crippen LogP contribution in [0.4, 0.5) is 14.5 Å². The molecular formula is C24H19F2NS. The number of hydrogen-bond donors (Lipinski definition) is 0.